The van der Waals surface area contributed by atoms with Crippen LogP contribution in [-0.2, 0) is 20.0 Å². The first-order valence-electron chi connectivity index (χ1n) is 0.698. The van der Waals surface area contributed by atoms with E-state index in [1.807, 2.05) is 0 Å². The Bertz CT molecular complexity index is 38.9. The van der Waals surface area contributed by atoms with Gasteiger partial charge in [0, 0.05) is 9.83 Å². The lowest BCUT2D eigenvalue weighted by atomic mass is 15.9. The molecule has 0 radical (unpaired) electrons. The second-order valence-corrected chi connectivity index (χ2v) is 5.19. The van der Waals surface area contributed by atoms with Crippen molar-refractivity contribution in [3.05, 3.63) is 0 Å². The summed E-state index contributed by atoms with van der Waals surface area (Å²) in [6, 6.07) is 0. The van der Waals surface area contributed by atoms with Crippen LogP contribution in [0.1, 0.15) is 0 Å². The molecule has 0 aliphatic heterocycles. The smallest absolute Gasteiger partial charge is 0.0764 e. The van der Waals surface area contributed by atoms with E-state index in [-0.39, 0.29) is 0 Å². The largest absolute Gasteiger partial charge is 0.318 e. The van der Waals surface area contributed by atoms with Crippen molar-refractivity contribution in [2.45, 2.75) is 0 Å². The zero-order chi connectivity index (χ0) is 4.28. The van der Waals surface area contributed by atoms with E-state index in [1.165, 1.54) is 0 Å². The molecule has 1 nitrogen and oxygen atoms in total. The molecule has 0 heterocycles. The third-order valence-corrected chi connectivity index (χ3v) is 3.36. The fourth-order valence-corrected chi connectivity index (χ4v) is 0. The first kappa shape index (κ1) is 6.23. The molecule has 0 aliphatic rings. The minimum absolute atomic E-state index is 0.958. The third-order valence-electron chi connectivity index (χ3n) is 0.0638. The summed E-state index contributed by atoms with van der Waals surface area (Å²) in [5.74, 6) is 0. The number of thiol groups is 1. The quantitative estimate of drug-likeness (QED) is 0.426. The van der Waals surface area contributed by atoms with Crippen LogP contribution in [0.3, 0.4) is 0 Å². The Labute approximate surface area is 46.2 Å². The number of rotatable bonds is 1. The molecule has 5 heteroatoms. The van der Waals surface area contributed by atoms with Crippen molar-refractivity contribution in [2.24, 2.45) is 0 Å². The van der Waals surface area contributed by atoms with E-state index in [1.54, 1.807) is 0 Å². The zero-order valence-corrected chi connectivity index (χ0v) is 5.46. The molecule has 0 spiro atoms. The topological polar surface area (TPSA) is 20.2 Å². The average Bonchev–Trinajstić information content (AvgIpc) is 1.38. The van der Waals surface area contributed by atoms with Crippen molar-refractivity contribution in [2.75, 3.05) is 0 Å². The van der Waals surface area contributed by atoms with Crippen LogP contribution in [0, 0.1) is 0 Å². The third kappa shape index (κ3) is 5.23. The molecule has 32 valence electrons. The second kappa shape index (κ2) is 3.42. The number of hydrogen-bond acceptors (Lipinski definition) is 3. The summed E-state index contributed by atoms with van der Waals surface area (Å²) < 4.78 is 8.09. The Hall–Kier alpha value is 1.23. The molecule has 0 aromatic heterocycles. The van der Waals surface area contributed by atoms with Gasteiger partial charge in [-0.05, 0) is 11.2 Å². The van der Waals surface area contributed by atoms with Gasteiger partial charge in [-0.2, -0.15) is 0 Å². The van der Waals surface area contributed by atoms with E-state index >= 15 is 0 Å². The molecular formula is H2OS4. The lowest BCUT2D eigenvalue weighted by Gasteiger charge is -1.76. The van der Waals surface area contributed by atoms with Crippen molar-refractivity contribution < 1.29 is 4.55 Å². The van der Waals surface area contributed by atoms with E-state index in [4.69, 9.17) is 4.55 Å². The maximum atomic E-state index is 8.09. The highest BCUT2D eigenvalue weighted by Gasteiger charge is 1.72. The molecule has 0 aromatic rings. The Morgan fingerprint density at radius 2 is 2.20 bits per heavy atom. The van der Waals surface area contributed by atoms with Gasteiger partial charge in [-0.25, -0.2) is 0 Å². The minimum Gasteiger partial charge on any atom is -0.318 e. The van der Waals surface area contributed by atoms with E-state index in [2.05, 4.69) is 22.8 Å². The molecule has 5 heavy (non-hydrogen) atoms. The predicted octanol–water partition coefficient (Wildman–Crippen LogP) is 1.03. The van der Waals surface area contributed by atoms with Crippen molar-refractivity contribution >= 4 is 41.4 Å². The second-order valence-electron chi connectivity index (χ2n) is 0.292. The van der Waals surface area contributed by atoms with Gasteiger partial charge < -0.3 is 4.55 Å². The standard InChI is InChI=1S/H2OS4/c1-5(3)4-2/h2H,(H,1,3). The van der Waals surface area contributed by atoms with Crippen LogP contribution < -0.4 is 0 Å². The van der Waals surface area contributed by atoms with Gasteiger partial charge in [0.2, 0.25) is 0 Å². The maximum Gasteiger partial charge on any atom is 0.0764 e. The van der Waals surface area contributed by atoms with Gasteiger partial charge in [0.05, 0.1) is 8.77 Å². The van der Waals surface area contributed by atoms with Crippen LogP contribution in [0.5, 0.6) is 0 Å². The molecule has 0 saturated carbocycles. The lowest BCUT2D eigenvalue weighted by molar-refractivity contribution is 0.669. The molecule has 0 amide bonds. The van der Waals surface area contributed by atoms with Gasteiger partial charge in [-0.1, -0.05) is 11.7 Å². The molecule has 0 aliphatic carbocycles. The summed E-state index contributed by atoms with van der Waals surface area (Å²) in [6.07, 6.45) is 0. The molecule has 0 rings (SSSR count). The van der Waals surface area contributed by atoms with E-state index in [9.17, 15) is 0 Å². The van der Waals surface area contributed by atoms with Crippen molar-refractivity contribution in [3.63, 3.8) is 0 Å². The molecule has 0 bridgehead atoms. The van der Waals surface area contributed by atoms with Gasteiger partial charge in [-0.3, -0.25) is 0 Å². The first-order chi connectivity index (χ1) is 2.27. The predicted molar refractivity (Wildman–Crippen MR) is 33.9 cm³/mol. The molecule has 0 saturated heterocycles. The summed E-state index contributed by atoms with van der Waals surface area (Å²) in [5.41, 5.74) is 0. The lowest BCUT2D eigenvalue weighted by Crippen LogP contribution is -1.61. The van der Waals surface area contributed by atoms with Crippen LogP contribution in [0.4, 0.5) is 0 Å². The monoisotopic (exact) mass is 146 g/mol. The highest BCUT2D eigenvalue weighted by atomic mass is 33.6. The van der Waals surface area contributed by atoms with Gasteiger partial charge in [-0.15, -0.1) is 0 Å². The fourth-order valence-electron chi connectivity index (χ4n) is 0. The summed E-state index contributed by atoms with van der Waals surface area (Å²) in [6.45, 7) is 0. The van der Waals surface area contributed by atoms with Crippen molar-refractivity contribution in [1.29, 1.82) is 0 Å². The Morgan fingerprint density at radius 1 is 2.00 bits per heavy atom. The summed E-state index contributed by atoms with van der Waals surface area (Å²) in [7, 11) is 0.0139. The molecule has 1 unspecified atom stereocenters. The molecule has 1 N–H and O–H groups in total. The Balaban J connectivity index is 2.85. The van der Waals surface area contributed by atoms with E-state index < -0.39 is 8.77 Å². The van der Waals surface area contributed by atoms with Gasteiger partial charge in [0.15, 0.2) is 0 Å². The van der Waals surface area contributed by atoms with E-state index in [0.29, 0.717) is 0 Å². The van der Waals surface area contributed by atoms with Crippen molar-refractivity contribution in [3.8, 4) is 0 Å². The molecule has 0 fully saturated rings. The minimum atomic E-state index is -0.958. The fraction of sp³-hybridized carbons (Fsp3) is 0. The van der Waals surface area contributed by atoms with Crippen LogP contribution in [-0.4, -0.2) is 4.55 Å². The summed E-state index contributed by atoms with van der Waals surface area (Å²) >= 11 is 7.84. The van der Waals surface area contributed by atoms with Crippen molar-refractivity contribution in [1.82, 2.24) is 0 Å². The van der Waals surface area contributed by atoms with Crippen LogP contribution in [0.25, 0.3) is 0 Å². The molecule has 1 atom stereocenters. The Morgan fingerprint density at radius 3 is 2.20 bits per heavy atom. The normalized spacial score (nSPS) is 14.8. The van der Waals surface area contributed by atoms with Gasteiger partial charge >= 0.3 is 0 Å². The zero-order valence-electron chi connectivity index (χ0n) is 2.12. The number of hydrogen-bond donors (Lipinski definition) is 2. The molecule has 0 aromatic carbocycles. The molecular weight excluding hydrogens is 144 g/mol. The first-order valence-corrected chi connectivity index (χ1v) is 5.19. The van der Waals surface area contributed by atoms with E-state index in [0.717, 1.165) is 9.83 Å². The summed E-state index contributed by atoms with van der Waals surface area (Å²) in [4.78, 5) is 0. The van der Waals surface area contributed by atoms with Gasteiger partial charge in [0.1, 0.15) is 0 Å². The van der Waals surface area contributed by atoms with Crippen LogP contribution in [0.2, 0.25) is 0 Å². The maximum absolute atomic E-state index is 8.09. The summed E-state index contributed by atoms with van der Waals surface area (Å²) in [5, 5.41) is 0. The highest BCUT2D eigenvalue weighted by Crippen LogP contribution is 2.07. The Kier molecular flexibility index (Phi) is 4.26. The van der Waals surface area contributed by atoms with Crippen LogP contribution in [0.15, 0.2) is 0 Å². The van der Waals surface area contributed by atoms with Gasteiger partial charge in [0.25, 0.3) is 0 Å². The highest BCUT2D eigenvalue weighted by molar-refractivity contribution is 9.06. The average molecular weight is 146 g/mol. The SMILES string of the molecule is OS(=S)SS. The van der Waals surface area contributed by atoms with Crippen LogP contribution >= 0.6 is 21.5 Å².